The van der Waals surface area contributed by atoms with Gasteiger partial charge in [0.15, 0.2) is 0 Å². The third kappa shape index (κ3) is 7.64. The van der Waals surface area contributed by atoms with Crippen LogP contribution in [0.3, 0.4) is 0 Å². The van der Waals surface area contributed by atoms with Crippen LogP contribution in [0.15, 0.2) is 0 Å². The number of rotatable bonds is 5. The molecule has 2 saturated carbocycles. The van der Waals surface area contributed by atoms with E-state index in [4.69, 9.17) is 4.98 Å². The van der Waals surface area contributed by atoms with Gasteiger partial charge in [-0.15, -0.1) is 5.54 Å². The molecular formula is C21H45NSiTi. The first-order valence-corrected chi connectivity index (χ1v) is 11.8. The Morgan fingerprint density at radius 1 is 0.958 bits per heavy atom. The monoisotopic (exact) mass is 387 g/mol. The molecule has 0 radical (unpaired) electrons. The molecule has 3 heteroatoms. The van der Waals surface area contributed by atoms with Crippen molar-refractivity contribution in [1.29, 1.82) is 0 Å². The van der Waals surface area contributed by atoms with Gasteiger partial charge in [-0.1, -0.05) is 105 Å². The van der Waals surface area contributed by atoms with Crippen molar-refractivity contribution < 1.29 is 21.7 Å². The molecule has 2 aliphatic rings. The molecule has 0 spiro atoms. The molecule has 4 atom stereocenters. The van der Waals surface area contributed by atoms with E-state index in [1.165, 1.54) is 57.4 Å². The van der Waals surface area contributed by atoms with Crippen LogP contribution in [-0.4, -0.2) is 13.8 Å². The number of fused-ring (bicyclic) bond motifs is 1. The quantitative estimate of drug-likeness (QED) is 0.337. The minimum Gasteiger partial charge on any atom is -0.659 e. The van der Waals surface area contributed by atoms with Crippen LogP contribution >= 0.6 is 0 Å². The smallest absolute Gasteiger partial charge is 0.659 e. The van der Waals surface area contributed by atoms with Crippen LogP contribution in [0.1, 0.15) is 79.1 Å². The number of nitrogens with zero attached hydrogens (tertiary/aromatic N) is 1. The fraction of sp³-hybridized carbons (Fsp3) is 0.857. The first-order chi connectivity index (χ1) is 9.36. The van der Waals surface area contributed by atoms with Gasteiger partial charge in [0.1, 0.15) is 0 Å². The van der Waals surface area contributed by atoms with Gasteiger partial charge in [0, 0.05) is 0 Å². The molecule has 4 unspecified atom stereocenters. The SMILES string of the molecule is CCCC[Si](C)([N-]C(C)(C)C)C1CCC2CCCCC21.[CH3-].[CH3-].[CH3-].[Ti+4]. The second-order valence-corrected chi connectivity index (χ2v) is 12.8. The normalized spacial score (nSPS) is 28.1. The molecule has 0 aromatic rings. The molecule has 2 fully saturated rings. The molecule has 0 heterocycles. The van der Waals surface area contributed by atoms with E-state index in [0.29, 0.717) is 0 Å². The zero-order chi connectivity index (χ0) is 14.8. The maximum atomic E-state index is 5.49. The Hall–Kier alpha value is 0.891. The fourth-order valence-electron chi connectivity index (χ4n) is 5.13. The van der Waals surface area contributed by atoms with Gasteiger partial charge in [0.05, 0.1) is 0 Å². The van der Waals surface area contributed by atoms with Gasteiger partial charge >= 0.3 is 21.7 Å². The van der Waals surface area contributed by atoms with E-state index in [9.17, 15) is 0 Å². The summed E-state index contributed by atoms with van der Waals surface area (Å²) in [6.45, 7) is 11.9. The van der Waals surface area contributed by atoms with E-state index in [0.717, 1.165) is 17.4 Å². The molecule has 0 amide bonds. The molecule has 0 N–H and O–H groups in total. The molecule has 0 aliphatic heterocycles. The summed E-state index contributed by atoms with van der Waals surface area (Å²) in [4.78, 5) is 5.49. The Morgan fingerprint density at radius 2 is 1.54 bits per heavy atom. The summed E-state index contributed by atoms with van der Waals surface area (Å²) in [6, 6.07) is 1.44. The van der Waals surface area contributed by atoms with Crippen LogP contribution in [0, 0.1) is 34.1 Å². The van der Waals surface area contributed by atoms with E-state index < -0.39 is 8.24 Å². The third-order valence-corrected chi connectivity index (χ3v) is 10.6. The van der Waals surface area contributed by atoms with Gasteiger partial charge in [-0.25, -0.2) is 0 Å². The largest absolute Gasteiger partial charge is 4.00 e. The summed E-state index contributed by atoms with van der Waals surface area (Å²) in [5, 5.41) is 0. The van der Waals surface area contributed by atoms with Crippen molar-refractivity contribution in [1.82, 2.24) is 0 Å². The van der Waals surface area contributed by atoms with Crippen LogP contribution in [0.2, 0.25) is 18.1 Å². The van der Waals surface area contributed by atoms with Crippen molar-refractivity contribution in [2.75, 3.05) is 0 Å². The average molecular weight is 388 g/mol. The zero-order valence-electron chi connectivity index (χ0n) is 18.0. The number of hydrogen-bond donors (Lipinski definition) is 0. The Kier molecular flexibility index (Phi) is 15.2. The molecule has 0 aromatic carbocycles. The van der Waals surface area contributed by atoms with Gasteiger partial charge in [-0.3, -0.25) is 0 Å². The second-order valence-electron chi connectivity index (χ2n) is 8.64. The van der Waals surface area contributed by atoms with E-state index >= 15 is 0 Å². The predicted molar refractivity (Wildman–Crippen MR) is 112 cm³/mol. The summed E-state index contributed by atoms with van der Waals surface area (Å²) in [7, 11) is -1.46. The second kappa shape index (κ2) is 12.3. The van der Waals surface area contributed by atoms with Crippen LogP contribution in [-0.2, 0) is 21.7 Å². The van der Waals surface area contributed by atoms with Gasteiger partial charge in [0.25, 0.3) is 0 Å². The summed E-state index contributed by atoms with van der Waals surface area (Å²) < 4.78 is 0. The first kappa shape index (κ1) is 29.6. The van der Waals surface area contributed by atoms with E-state index in [1.807, 2.05) is 0 Å². The summed E-state index contributed by atoms with van der Waals surface area (Å²) in [5.74, 6) is 2.11. The van der Waals surface area contributed by atoms with Crippen LogP contribution in [0.4, 0.5) is 0 Å². The first-order valence-electron chi connectivity index (χ1n) is 9.10. The zero-order valence-corrected chi connectivity index (χ0v) is 20.6. The fourth-order valence-corrected chi connectivity index (χ4v) is 10.5. The Bertz CT molecular complexity index is 315. The van der Waals surface area contributed by atoms with Gasteiger partial charge in [0.2, 0.25) is 0 Å². The third-order valence-electron chi connectivity index (χ3n) is 5.76. The topological polar surface area (TPSA) is 14.1 Å². The van der Waals surface area contributed by atoms with E-state index in [1.54, 1.807) is 0 Å². The van der Waals surface area contributed by atoms with Crippen LogP contribution in [0.25, 0.3) is 4.98 Å². The van der Waals surface area contributed by atoms with Crippen LogP contribution < -0.4 is 0 Å². The van der Waals surface area contributed by atoms with Crippen molar-refractivity contribution in [2.24, 2.45) is 11.8 Å². The summed E-state index contributed by atoms with van der Waals surface area (Å²) in [6.07, 6.45) is 11.8. The van der Waals surface area contributed by atoms with Crippen molar-refractivity contribution in [3.63, 3.8) is 0 Å². The molecule has 0 bridgehead atoms. The van der Waals surface area contributed by atoms with Gasteiger partial charge in [-0.2, -0.15) is 0 Å². The molecule has 1 nitrogen and oxygen atoms in total. The molecule has 142 valence electrons. The number of unbranched alkanes of at least 4 members (excludes halogenated alkanes) is 1. The van der Waals surface area contributed by atoms with Crippen molar-refractivity contribution in [3.05, 3.63) is 27.3 Å². The molecular weight excluding hydrogens is 342 g/mol. The Morgan fingerprint density at radius 3 is 2.08 bits per heavy atom. The minimum absolute atomic E-state index is 0. The summed E-state index contributed by atoms with van der Waals surface area (Å²) in [5.41, 5.74) is 1.17. The molecule has 2 rings (SSSR count). The van der Waals surface area contributed by atoms with Gasteiger partial charge < -0.3 is 27.3 Å². The predicted octanol–water partition coefficient (Wildman–Crippen LogP) is 7.85. The molecule has 24 heavy (non-hydrogen) atoms. The minimum atomic E-state index is -1.46. The van der Waals surface area contributed by atoms with Crippen molar-refractivity contribution in [3.8, 4) is 0 Å². The molecule has 0 saturated heterocycles. The molecule has 2 aliphatic carbocycles. The summed E-state index contributed by atoms with van der Waals surface area (Å²) >= 11 is 0. The number of hydrogen-bond acceptors (Lipinski definition) is 0. The maximum absolute atomic E-state index is 5.49. The standard InChI is InChI=1S/C18H36NSi.3CH3.Ti/c1-6-7-14-20(5,19-18(2,3)4)17-13-12-15-10-8-9-11-16(15)17;;;;/h15-17H,6-14H2,1-5H3;3*1H3;/q4*-1;+4. The van der Waals surface area contributed by atoms with Crippen molar-refractivity contribution in [2.45, 2.75) is 103 Å². The van der Waals surface area contributed by atoms with Gasteiger partial charge in [-0.05, 0) is 11.8 Å². The van der Waals surface area contributed by atoms with E-state index in [-0.39, 0.29) is 49.5 Å². The van der Waals surface area contributed by atoms with E-state index in [2.05, 4.69) is 34.2 Å². The van der Waals surface area contributed by atoms with Crippen molar-refractivity contribution >= 4 is 8.24 Å². The Balaban J connectivity index is -0.00000110. The average Bonchev–Trinajstić information content (AvgIpc) is 2.79. The Labute approximate surface area is 171 Å². The van der Waals surface area contributed by atoms with Crippen LogP contribution in [0.5, 0.6) is 0 Å². The molecule has 0 aromatic heterocycles. The maximum Gasteiger partial charge on any atom is 4.00 e.